The molecule has 28 heavy (non-hydrogen) atoms. The Morgan fingerprint density at radius 2 is 1.89 bits per heavy atom. The van der Waals surface area contributed by atoms with Crippen LogP contribution in [0.15, 0.2) is 18.3 Å². The number of likely N-dealkylation sites (N-methyl/N-ethyl adjacent to an activating group) is 1. The number of rotatable bonds is 6. The minimum atomic E-state index is -2.58. The van der Waals surface area contributed by atoms with Gasteiger partial charge in [-0.1, -0.05) is 0 Å². The quantitative estimate of drug-likeness (QED) is 0.753. The minimum absolute atomic E-state index is 0.171. The van der Waals surface area contributed by atoms with Gasteiger partial charge in [0.1, 0.15) is 23.2 Å². The maximum absolute atomic E-state index is 13.3. The van der Waals surface area contributed by atoms with Gasteiger partial charge in [-0.25, -0.2) is 23.7 Å². The van der Waals surface area contributed by atoms with Crippen LogP contribution < -0.4 is 14.7 Å². The monoisotopic (exact) mass is 389 g/mol. The standard InChI is InChI=1S/C19H25F2N7/c1-26(2)19-22-8-6-15(25-19)27(3)13-7-9-28(11-13)16-10-14(17(20)21)23-18(24-16)12-4-5-12/h6,8,10,12-13,17H,4-5,7,9,11H2,1-3H3. The van der Waals surface area contributed by atoms with E-state index >= 15 is 0 Å². The van der Waals surface area contributed by atoms with Crippen LogP contribution in [0.25, 0.3) is 0 Å². The van der Waals surface area contributed by atoms with Crippen molar-refractivity contribution in [1.29, 1.82) is 0 Å². The van der Waals surface area contributed by atoms with Crippen molar-refractivity contribution in [3.8, 4) is 0 Å². The molecule has 2 fully saturated rings. The van der Waals surface area contributed by atoms with Crippen molar-refractivity contribution in [2.24, 2.45) is 0 Å². The first kappa shape index (κ1) is 18.8. The van der Waals surface area contributed by atoms with Crippen molar-refractivity contribution in [3.05, 3.63) is 29.8 Å². The number of anilines is 3. The highest BCUT2D eigenvalue weighted by molar-refractivity contribution is 5.47. The molecule has 2 aliphatic rings. The fourth-order valence-electron chi connectivity index (χ4n) is 3.47. The van der Waals surface area contributed by atoms with Gasteiger partial charge in [0.15, 0.2) is 0 Å². The predicted molar refractivity (Wildman–Crippen MR) is 104 cm³/mol. The summed E-state index contributed by atoms with van der Waals surface area (Å²) >= 11 is 0. The number of aromatic nitrogens is 4. The third-order valence-electron chi connectivity index (χ3n) is 5.34. The maximum atomic E-state index is 13.3. The van der Waals surface area contributed by atoms with Crippen molar-refractivity contribution in [2.45, 2.75) is 37.6 Å². The third-order valence-corrected chi connectivity index (χ3v) is 5.34. The summed E-state index contributed by atoms with van der Waals surface area (Å²) in [5, 5.41) is 0. The maximum Gasteiger partial charge on any atom is 0.280 e. The Labute approximate surface area is 163 Å². The Kier molecular flexibility index (Phi) is 4.99. The van der Waals surface area contributed by atoms with Gasteiger partial charge in [-0.3, -0.25) is 0 Å². The first-order valence-corrected chi connectivity index (χ1v) is 9.57. The molecular weight excluding hydrogens is 364 g/mol. The second-order valence-corrected chi connectivity index (χ2v) is 7.69. The molecule has 2 aromatic rings. The summed E-state index contributed by atoms with van der Waals surface area (Å²) in [5.41, 5.74) is -0.171. The van der Waals surface area contributed by atoms with Gasteiger partial charge in [0.05, 0.1) is 0 Å². The number of nitrogens with zero attached hydrogens (tertiary/aromatic N) is 7. The van der Waals surface area contributed by atoms with Gasteiger partial charge in [-0.15, -0.1) is 0 Å². The van der Waals surface area contributed by atoms with Crippen molar-refractivity contribution >= 4 is 17.6 Å². The second kappa shape index (κ2) is 7.44. The normalized spacial score (nSPS) is 19.4. The van der Waals surface area contributed by atoms with Gasteiger partial charge >= 0.3 is 0 Å². The zero-order chi connectivity index (χ0) is 19.8. The number of alkyl halides is 2. The summed E-state index contributed by atoms with van der Waals surface area (Å²) in [6.45, 7) is 1.48. The molecule has 1 atom stereocenters. The molecule has 0 aromatic carbocycles. The van der Waals surface area contributed by atoms with Crippen molar-refractivity contribution < 1.29 is 8.78 Å². The highest BCUT2D eigenvalue weighted by atomic mass is 19.3. The van der Waals surface area contributed by atoms with Crippen molar-refractivity contribution in [2.75, 3.05) is 48.9 Å². The average molecular weight is 389 g/mol. The van der Waals surface area contributed by atoms with Crippen LogP contribution in [0, 0.1) is 0 Å². The molecule has 3 heterocycles. The number of hydrogen-bond acceptors (Lipinski definition) is 7. The molecule has 1 saturated carbocycles. The zero-order valence-electron chi connectivity index (χ0n) is 16.4. The topological polar surface area (TPSA) is 61.3 Å². The van der Waals surface area contributed by atoms with Gasteiger partial charge in [-0.2, -0.15) is 4.98 Å². The molecule has 150 valence electrons. The first-order valence-electron chi connectivity index (χ1n) is 9.57. The largest absolute Gasteiger partial charge is 0.355 e. The molecule has 4 rings (SSSR count). The smallest absolute Gasteiger partial charge is 0.280 e. The molecular formula is C19H25F2N7. The van der Waals surface area contributed by atoms with Crippen molar-refractivity contribution in [3.63, 3.8) is 0 Å². The summed E-state index contributed by atoms with van der Waals surface area (Å²) in [5.74, 6) is 2.92. The molecule has 9 heteroatoms. The molecule has 1 aliphatic heterocycles. The fourth-order valence-corrected chi connectivity index (χ4v) is 3.47. The van der Waals surface area contributed by atoms with Crippen LogP contribution >= 0.6 is 0 Å². The van der Waals surface area contributed by atoms with E-state index in [0.29, 0.717) is 24.1 Å². The van der Waals surface area contributed by atoms with Crippen LogP contribution in [0.1, 0.15) is 43.1 Å². The van der Waals surface area contributed by atoms with Crippen LogP contribution in [0.4, 0.5) is 26.4 Å². The summed E-state index contributed by atoms with van der Waals surface area (Å²) < 4.78 is 26.6. The summed E-state index contributed by atoms with van der Waals surface area (Å²) in [4.78, 5) is 23.6. The summed E-state index contributed by atoms with van der Waals surface area (Å²) in [6.07, 6.45) is 2.05. The van der Waals surface area contributed by atoms with Crippen LogP contribution in [-0.4, -0.2) is 60.2 Å². The van der Waals surface area contributed by atoms with Gasteiger partial charge in [-0.05, 0) is 25.3 Å². The molecule has 2 aromatic heterocycles. The van der Waals surface area contributed by atoms with E-state index in [9.17, 15) is 8.78 Å². The highest BCUT2D eigenvalue weighted by Crippen LogP contribution is 2.39. The summed E-state index contributed by atoms with van der Waals surface area (Å²) in [7, 11) is 5.82. The van der Waals surface area contributed by atoms with Crippen LogP contribution in [-0.2, 0) is 0 Å². The van der Waals surface area contributed by atoms with E-state index in [1.54, 1.807) is 6.20 Å². The van der Waals surface area contributed by atoms with Gasteiger partial charge in [0, 0.05) is 58.5 Å². The lowest BCUT2D eigenvalue weighted by molar-refractivity contribution is 0.145. The Hall–Kier alpha value is -2.58. The summed E-state index contributed by atoms with van der Waals surface area (Å²) in [6, 6.07) is 3.55. The molecule has 1 aliphatic carbocycles. The molecule has 0 radical (unpaired) electrons. The van der Waals surface area contributed by atoms with E-state index in [1.807, 2.05) is 32.1 Å². The predicted octanol–water partition coefficient (Wildman–Crippen LogP) is 2.86. The number of hydrogen-bond donors (Lipinski definition) is 0. The minimum Gasteiger partial charge on any atom is -0.355 e. The second-order valence-electron chi connectivity index (χ2n) is 7.69. The first-order chi connectivity index (χ1) is 13.4. The van der Waals surface area contributed by atoms with Crippen LogP contribution in [0.3, 0.4) is 0 Å². The molecule has 0 amide bonds. The zero-order valence-corrected chi connectivity index (χ0v) is 16.4. The molecule has 1 unspecified atom stereocenters. The van der Waals surface area contributed by atoms with E-state index in [2.05, 4.69) is 29.7 Å². The third kappa shape index (κ3) is 3.83. The fraction of sp³-hybridized carbons (Fsp3) is 0.579. The Balaban J connectivity index is 1.52. The Bertz CT molecular complexity index is 821. The molecule has 7 nitrogen and oxygen atoms in total. The Morgan fingerprint density at radius 3 is 2.57 bits per heavy atom. The van der Waals surface area contributed by atoms with E-state index in [1.165, 1.54) is 6.07 Å². The van der Waals surface area contributed by atoms with Crippen LogP contribution in [0.5, 0.6) is 0 Å². The highest BCUT2D eigenvalue weighted by Gasteiger charge is 2.32. The lowest BCUT2D eigenvalue weighted by atomic mass is 10.2. The van der Waals surface area contributed by atoms with Gasteiger partial charge < -0.3 is 14.7 Å². The molecule has 0 spiro atoms. The molecule has 1 saturated heterocycles. The van der Waals surface area contributed by atoms with E-state index < -0.39 is 6.43 Å². The average Bonchev–Trinajstić information content (AvgIpc) is 3.43. The van der Waals surface area contributed by atoms with E-state index in [-0.39, 0.29) is 17.7 Å². The Morgan fingerprint density at radius 1 is 1.11 bits per heavy atom. The van der Waals surface area contributed by atoms with Gasteiger partial charge in [0.2, 0.25) is 5.95 Å². The van der Waals surface area contributed by atoms with E-state index in [4.69, 9.17) is 0 Å². The number of halogens is 2. The van der Waals surface area contributed by atoms with E-state index in [0.717, 1.165) is 31.6 Å². The lowest BCUT2D eigenvalue weighted by Gasteiger charge is -2.27. The van der Waals surface area contributed by atoms with Gasteiger partial charge in [0.25, 0.3) is 6.43 Å². The van der Waals surface area contributed by atoms with Crippen molar-refractivity contribution in [1.82, 2.24) is 19.9 Å². The molecule has 0 N–H and O–H groups in total. The lowest BCUT2D eigenvalue weighted by Crippen LogP contribution is -2.35. The van der Waals surface area contributed by atoms with Crippen LogP contribution in [0.2, 0.25) is 0 Å². The SMILES string of the molecule is CN(C)c1nccc(N(C)C2CCN(c3cc(C(F)F)nc(C4CC4)n3)C2)n1. The molecule has 0 bridgehead atoms.